The zero-order valence-electron chi connectivity index (χ0n) is 15.6. The van der Waals surface area contributed by atoms with E-state index in [2.05, 4.69) is 4.98 Å². The fourth-order valence-electron chi connectivity index (χ4n) is 3.47. The molecule has 1 aliphatic rings. The molecule has 4 rings (SSSR count). The first-order chi connectivity index (χ1) is 14.0. The van der Waals surface area contributed by atoms with E-state index in [9.17, 15) is 19.8 Å². The first-order valence-electron chi connectivity index (χ1n) is 8.72. The third-order valence-corrected chi connectivity index (χ3v) is 4.89. The maximum Gasteiger partial charge on any atom is 0.232 e. The van der Waals surface area contributed by atoms with Crippen molar-refractivity contribution in [1.29, 1.82) is 0 Å². The van der Waals surface area contributed by atoms with E-state index in [1.807, 2.05) is 6.07 Å². The third kappa shape index (κ3) is 2.75. The average molecular weight is 391 g/mol. The molecule has 7 heteroatoms. The molecular weight excluding hydrogens is 374 g/mol. The maximum atomic E-state index is 12.9. The normalized spacial score (nSPS) is 14.7. The lowest BCUT2D eigenvalue weighted by atomic mass is 9.86. The topological polar surface area (TPSA) is 109 Å². The SMILES string of the molecule is COc1ccc(C2=C(O)C(=O)C(c3c[nH]c4ccccc34)=C(O)C2=O)cc1OC. The van der Waals surface area contributed by atoms with Crippen molar-refractivity contribution in [1.82, 2.24) is 4.98 Å². The van der Waals surface area contributed by atoms with E-state index in [1.54, 1.807) is 24.3 Å². The first-order valence-corrected chi connectivity index (χ1v) is 8.72. The lowest BCUT2D eigenvalue weighted by Crippen LogP contribution is -2.22. The zero-order chi connectivity index (χ0) is 20.7. The molecule has 1 heterocycles. The van der Waals surface area contributed by atoms with Crippen LogP contribution < -0.4 is 9.47 Å². The lowest BCUT2D eigenvalue weighted by Gasteiger charge is -2.18. The molecule has 7 nitrogen and oxygen atoms in total. The Balaban J connectivity index is 1.86. The lowest BCUT2D eigenvalue weighted by molar-refractivity contribution is -0.116. The van der Waals surface area contributed by atoms with Crippen LogP contribution in [0.3, 0.4) is 0 Å². The van der Waals surface area contributed by atoms with Crippen LogP contribution in [0, 0.1) is 0 Å². The van der Waals surface area contributed by atoms with Gasteiger partial charge in [-0.05, 0) is 23.8 Å². The van der Waals surface area contributed by atoms with Gasteiger partial charge in [-0.3, -0.25) is 9.59 Å². The maximum absolute atomic E-state index is 12.9. The molecule has 0 fully saturated rings. The van der Waals surface area contributed by atoms with Crippen LogP contribution in [0.25, 0.3) is 22.0 Å². The molecule has 0 saturated heterocycles. The van der Waals surface area contributed by atoms with Gasteiger partial charge in [0.1, 0.15) is 0 Å². The van der Waals surface area contributed by atoms with Crippen LogP contribution in [0.2, 0.25) is 0 Å². The third-order valence-electron chi connectivity index (χ3n) is 4.89. The van der Waals surface area contributed by atoms with Crippen LogP contribution in [0.1, 0.15) is 11.1 Å². The monoisotopic (exact) mass is 391 g/mol. The molecule has 1 aliphatic carbocycles. The number of hydrogen-bond donors (Lipinski definition) is 3. The number of ether oxygens (including phenoxy) is 2. The summed E-state index contributed by atoms with van der Waals surface area (Å²) in [6.45, 7) is 0. The van der Waals surface area contributed by atoms with Crippen LogP contribution in [0.4, 0.5) is 0 Å². The number of H-pyrrole nitrogens is 1. The molecular formula is C22H17NO6. The van der Waals surface area contributed by atoms with E-state index >= 15 is 0 Å². The van der Waals surface area contributed by atoms with Crippen molar-refractivity contribution in [3.05, 3.63) is 71.3 Å². The van der Waals surface area contributed by atoms with Crippen LogP contribution in [0.15, 0.2) is 60.2 Å². The Morgan fingerprint density at radius 3 is 2.21 bits per heavy atom. The summed E-state index contributed by atoms with van der Waals surface area (Å²) < 4.78 is 10.4. The number of aromatic nitrogens is 1. The van der Waals surface area contributed by atoms with Gasteiger partial charge in [0, 0.05) is 22.7 Å². The van der Waals surface area contributed by atoms with Gasteiger partial charge in [0.25, 0.3) is 0 Å². The van der Waals surface area contributed by atoms with Crippen LogP contribution >= 0.6 is 0 Å². The number of benzene rings is 2. The van der Waals surface area contributed by atoms with E-state index in [0.29, 0.717) is 22.4 Å². The number of methoxy groups -OCH3 is 2. The fourth-order valence-corrected chi connectivity index (χ4v) is 3.47. The second kappa shape index (κ2) is 6.87. The van der Waals surface area contributed by atoms with Crippen molar-refractivity contribution in [3.63, 3.8) is 0 Å². The minimum Gasteiger partial charge on any atom is -0.504 e. The van der Waals surface area contributed by atoms with Crippen LogP contribution in [0.5, 0.6) is 11.5 Å². The summed E-state index contributed by atoms with van der Waals surface area (Å²) in [6.07, 6.45) is 1.52. The Morgan fingerprint density at radius 2 is 1.48 bits per heavy atom. The van der Waals surface area contributed by atoms with Crippen LogP contribution in [-0.4, -0.2) is 41.0 Å². The molecule has 3 N–H and O–H groups in total. The van der Waals surface area contributed by atoms with Gasteiger partial charge in [-0.15, -0.1) is 0 Å². The summed E-state index contributed by atoms with van der Waals surface area (Å²) in [5, 5.41) is 21.9. The van der Waals surface area contributed by atoms with E-state index in [4.69, 9.17) is 9.47 Å². The molecule has 0 bridgehead atoms. The summed E-state index contributed by atoms with van der Waals surface area (Å²) in [7, 11) is 2.89. The van der Waals surface area contributed by atoms with Crippen molar-refractivity contribution >= 4 is 33.6 Å². The number of hydrogen-bond acceptors (Lipinski definition) is 6. The number of fused-ring (bicyclic) bond motifs is 1. The number of allylic oxidation sites excluding steroid dienone is 2. The Hall–Kier alpha value is -4.00. The Kier molecular flexibility index (Phi) is 4.35. The molecule has 0 radical (unpaired) electrons. The molecule has 146 valence electrons. The summed E-state index contributed by atoms with van der Waals surface area (Å²) in [4.78, 5) is 28.8. The number of aromatic amines is 1. The van der Waals surface area contributed by atoms with Crippen molar-refractivity contribution in [2.45, 2.75) is 0 Å². The highest BCUT2D eigenvalue weighted by Gasteiger charge is 2.37. The van der Waals surface area contributed by atoms with Gasteiger partial charge < -0.3 is 24.7 Å². The number of nitrogens with one attached hydrogen (secondary N) is 1. The van der Waals surface area contributed by atoms with Gasteiger partial charge in [-0.25, -0.2) is 0 Å². The number of para-hydroxylation sites is 1. The molecule has 0 spiro atoms. The van der Waals surface area contributed by atoms with E-state index in [1.165, 1.54) is 32.5 Å². The summed E-state index contributed by atoms with van der Waals surface area (Å²) >= 11 is 0. The molecule has 2 aromatic carbocycles. The van der Waals surface area contributed by atoms with Crippen molar-refractivity contribution in [2.75, 3.05) is 14.2 Å². The van der Waals surface area contributed by atoms with Gasteiger partial charge in [-0.2, -0.15) is 0 Å². The number of rotatable bonds is 4. The molecule has 0 aliphatic heterocycles. The molecule has 3 aromatic rings. The van der Waals surface area contributed by atoms with Crippen molar-refractivity contribution in [2.24, 2.45) is 0 Å². The fraction of sp³-hybridized carbons (Fsp3) is 0.0909. The smallest absolute Gasteiger partial charge is 0.232 e. The molecule has 0 atom stereocenters. The minimum absolute atomic E-state index is 0.225. The second-order valence-electron chi connectivity index (χ2n) is 6.42. The van der Waals surface area contributed by atoms with Gasteiger partial charge in [0.15, 0.2) is 23.0 Å². The van der Waals surface area contributed by atoms with Gasteiger partial charge in [0.05, 0.1) is 25.4 Å². The Labute approximate surface area is 165 Å². The number of carbonyl (C=O) groups excluding carboxylic acids is 2. The minimum atomic E-state index is -0.852. The largest absolute Gasteiger partial charge is 0.504 e. The summed E-state index contributed by atoms with van der Waals surface area (Å²) in [5.41, 5.74) is 0.765. The zero-order valence-corrected chi connectivity index (χ0v) is 15.6. The standard InChI is InChI=1S/C22H17NO6/c1-28-15-8-7-11(9-16(15)29-2)17-19(24)21(26)18(22(27)20(17)25)13-10-23-14-6-4-3-5-12(13)14/h3-10,23-24,27H,1-2H3. The number of ketones is 2. The number of carbonyl (C=O) groups is 2. The molecule has 1 aromatic heterocycles. The highest BCUT2D eigenvalue weighted by atomic mass is 16.5. The number of aliphatic hydroxyl groups is 2. The molecule has 0 saturated carbocycles. The highest BCUT2D eigenvalue weighted by molar-refractivity contribution is 6.47. The quantitative estimate of drug-likeness (QED) is 0.587. The van der Waals surface area contributed by atoms with E-state index in [0.717, 1.165) is 5.52 Å². The van der Waals surface area contributed by atoms with Crippen molar-refractivity contribution < 1.29 is 29.3 Å². The Bertz CT molecular complexity index is 1230. The molecule has 0 unspecified atom stereocenters. The number of Topliss-reactive ketones (excluding diaryl/α,β-unsaturated/α-hetero) is 2. The summed E-state index contributed by atoms with van der Waals surface area (Å²) in [5.74, 6) is -2.41. The predicted octanol–water partition coefficient (Wildman–Crippen LogP) is 3.58. The highest BCUT2D eigenvalue weighted by Crippen LogP contribution is 2.38. The Morgan fingerprint density at radius 1 is 0.828 bits per heavy atom. The average Bonchev–Trinajstić information content (AvgIpc) is 3.16. The van der Waals surface area contributed by atoms with Gasteiger partial charge in [-0.1, -0.05) is 24.3 Å². The van der Waals surface area contributed by atoms with Crippen LogP contribution in [-0.2, 0) is 9.59 Å². The second-order valence-corrected chi connectivity index (χ2v) is 6.42. The van der Waals surface area contributed by atoms with Crippen molar-refractivity contribution in [3.8, 4) is 11.5 Å². The molecule has 0 amide bonds. The van der Waals surface area contributed by atoms with E-state index < -0.39 is 23.1 Å². The van der Waals surface area contributed by atoms with Gasteiger partial charge >= 0.3 is 0 Å². The first kappa shape index (κ1) is 18.4. The number of aliphatic hydroxyl groups excluding tert-OH is 2. The summed E-state index contributed by atoms with van der Waals surface area (Å²) in [6, 6.07) is 11.7. The molecule has 29 heavy (non-hydrogen) atoms. The van der Waals surface area contributed by atoms with E-state index in [-0.39, 0.29) is 16.7 Å². The predicted molar refractivity (Wildman–Crippen MR) is 107 cm³/mol. The van der Waals surface area contributed by atoms with Gasteiger partial charge in [0.2, 0.25) is 11.6 Å².